The summed E-state index contributed by atoms with van der Waals surface area (Å²) in [7, 11) is 0. The minimum Gasteiger partial charge on any atom is -0.504 e. The Labute approximate surface area is 132 Å². The van der Waals surface area contributed by atoms with E-state index in [1.165, 1.54) is 0 Å². The maximum Gasteiger partial charge on any atom is 0.358 e. The van der Waals surface area contributed by atoms with Crippen molar-refractivity contribution >= 4 is 5.97 Å². The Kier molecular flexibility index (Phi) is 3.97. The summed E-state index contributed by atoms with van der Waals surface area (Å²) in [6.45, 7) is 0. The number of benzene rings is 1. The average Bonchev–Trinajstić information content (AvgIpc) is 2.57. The van der Waals surface area contributed by atoms with E-state index in [1.54, 1.807) is 6.20 Å². The van der Waals surface area contributed by atoms with Crippen molar-refractivity contribution in [2.24, 2.45) is 0 Å². The molecule has 2 heterocycles. The molecular formula is C17H13N3O3. The summed E-state index contributed by atoms with van der Waals surface area (Å²) in [4.78, 5) is 23.3. The van der Waals surface area contributed by atoms with Crippen LogP contribution in [-0.4, -0.2) is 31.1 Å². The number of hydrogen-bond acceptors (Lipinski definition) is 5. The quantitative estimate of drug-likeness (QED) is 0.769. The molecule has 0 unspecified atom stereocenters. The van der Waals surface area contributed by atoms with Crippen molar-refractivity contribution in [2.75, 3.05) is 0 Å². The van der Waals surface area contributed by atoms with Gasteiger partial charge in [-0.05, 0) is 11.6 Å². The first-order valence-electron chi connectivity index (χ1n) is 6.92. The van der Waals surface area contributed by atoms with E-state index in [0.717, 1.165) is 23.0 Å². The third-order valence-corrected chi connectivity index (χ3v) is 3.32. The van der Waals surface area contributed by atoms with Gasteiger partial charge in [-0.25, -0.2) is 14.8 Å². The first kappa shape index (κ1) is 14.6. The van der Waals surface area contributed by atoms with Crippen molar-refractivity contribution in [3.05, 3.63) is 72.1 Å². The highest BCUT2D eigenvalue weighted by molar-refractivity contribution is 5.88. The third-order valence-electron chi connectivity index (χ3n) is 3.32. The zero-order valence-electron chi connectivity index (χ0n) is 12.0. The minimum atomic E-state index is -1.30. The second-order valence-corrected chi connectivity index (χ2v) is 4.87. The van der Waals surface area contributed by atoms with E-state index in [0.29, 0.717) is 0 Å². The van der Waals surface area contributed by atoms with Gasteiger partial charge < -0.3 is 10.2 Å². The Balaban J connectivity index is 1.99. The van der Waals surface area contributed by atoms with E-state index in [9.17, 15) is 9.90 Å². The average molecular weight is 307 g/mol. The number of aromatic hydroxyl groups is 1. The topological polar surface area (TPSA) is 96.2 Å². The van der Waals surface area contributed by atoms with Crippen LogP contribution >= 0.6 is 0 Å². The van der Waals surface area contributed by atoms with Crippen LogP contribution < -0.4 is 0 Å². The molecule has 23 heavy (non-hydrogen) atoms. The molecule has 0 saturated carbocycles. The zero-order chi connectivity index (χ0) is 16.2. The number of carboxylic acids is 1. The molecule has 0 saturated heterocycles. The van der Waals surface area contributed by atoms with Crippen molar-refractivity contribution in [2.45, 2.75) is 6.42 Å². The number of aromatic nitrogens is 3. The lowest BCUT2D eigenvalue weighted by molar-refractivity contribution is 0.0686. The number of carboxylic acid groups (broad SMARTS) is 1. The Morgan fingerprint density at radius 1 is 1.04 bits per heavy atom. The largest absolute Gasteiger partial charge is 0.504 e. The molecular weight excluding hydrogens is 294 g/mol. The molecule has 0 amide bonds. The van der Waals surface area contributed by atoms with Crippen molar-refractivity contribution in [3.8, 4) is 16.9 Å². The van der Waals surface area contributed by atoms with Gasteiger partial charge in [0.15, 0.2) is 11.4 Å². The maximum absolute atomic E-state index is 11.0. The van der Waals surface area contributed by atoms with Crippen molar-refractivity contribution in [3.63, 3.8) is 0 Å². The molecule has 6 heteroatoms. The molecule has 0 aliphatic heterocycles. The highest BCUT2D eigenvalue weighted by Crippen LogP contribution is 2.23. The lowest BCUT2D eigenvalue weighted by Crippen LogP contribution is -2.07. The molecule has 0 spiro atoms. The van der Waals surface area contributed by atoms with Crippen molar-refractivity contribution in [1.82, 2.24) is 15.0 Å². The van der Waals surface area contributed by atoms with Gasteiger partial charge in [0, 0.05) is 11.8 Å². The summed E-state index contributed by atoms with van der Waals surface area (Å²) in [5.74, 6) is -1.46. The molecule has 2 N–H and O–H groups in total. The van der Waals surface area contributed by atoms with Crippen LogP contribution in [0.5, 0.6) is 5.75 Å². The highest BCUT2D eigenvalue weighted by Gasteiger charge is 2.15. The van der Waals surface area contributed by atoms with E-state index in [2.05, 4.69) is 15.0 Å². The SMILES string of the molecule is O=C(O)c1nc(Cc2ncccc2-c2ccccc2)ncc1O. The first-order chi connectivity index (χ1) is 11.1. The summed E-state index contributed by atoms with van der Waals surface area (Å²) >= 11 is 0. The number of rotatable bonds is 4. The Morgan fingerprint density at radius 2 is 1.83 bits per heavy atom. The molecule has 3 aromatic rings. The van der Waals surface area contributed by atoms with E-state index < -0.39 is 17.4 Å². The van der Waals surface area contributed by atoms with Gasteiger partial charge in [0.05, 0.1) is 18.3 Å². The fraction of sp³-hybridized carbons (Fsp3) is 0.0588. The molecule has 0 radical (unpaired) electrons. The number of carbonyl (C=O) groups is 1. The monoisotopic (exact) mass is 307 g/mol. The Bertz CT molecular complexity index is 851. The van der Waals surface area contributed by atoms with E-state index in [-0.39, 0.29) is 12.2 Å². The van der Waals surface area contributed by atoms with Gasteiger partial charge >= 0.3 is 5.97 Å². The van der Waals surface area contributed by atoms with Crippen LogP contribution in [0.2, 0.25) is 0 Å². The summed E-state index contributed by atoms with van der Waals surface area (Å²) in [5, 5.41) is 18.5. The molecule has 0 fully saturated rings. The third kappa shape index (κ3) is 3.16. The smallest absolute Gasteiger partial charge is 0.358 e. The number of hydrogen-bond donors (Lipinski definition) is 2. The van der Waals surface area contributed by atoms with E-state index in [4.69, 9.17) is 5.11 Å². The van der Waals surface area contributed by atoms with Crippen molar-refractivity contribution in [1.29, 1.82) is 0 Å². The maximum atomic E-state index is 11.0. The fourth-order valence-electron chi connectivity index (χ4n) is 2.26. The molecule has 6 nitrogen and oxygen atoms in total. The van der Waals surface area contributed by atoms with Crippen LogP contribution in [0.3, 0.4) is 0 Å². The number of aromatic carboxylic acids is 1. The summed E-state index contributed by atoms with van der Waals surface area (Å²) in [6.07, 6.45) is 3.03. The van der Waals surface area contributed by atoms with E-state index in [1.807, 2.05) is 42.5 Å². The molecule has 3 rings (SSSR count). The standard InChI is InChI=1S/C17H13N3O3/c21-14-10-19-15(20-16(14)17(22)23)9-13-12(7-4-8-18-13)11-5-2-1-3-6-11/h1-8,10,21H,9H2,(H,22,23). The molecule has 114 valence electrons. The van der Waals surface area contributed by atoms with Crippen LogP contribution in [0.25, 0.3) is 11.1 Å². The second kappa shape index (κ2) is 6.23. The predicted molar refractivity (Wildman–Crippen MR) is 83.1 cm³/mol. The summed E-state index contributed by atoms with van der Waals surface area (Å²) < 4.78 is 0. The normalized spacial score (nSPS) is 10.4. The molecule has 0 bridgehead atoms. The Hall–Kier alpha value is -3.28. The van der Waals surface area contributed by atoms with Gasteiger partial charge in [-0.3, -0.25) is 4.98 Å². The lowest BCUT2D eigenvalue weighted by Gasteiger charge is -2.08. The molecule has 0 aliphatic rings. The van der Waals surface area contributed by atoms with E-state index >= 15 is 0 Å². The number of nitrogens with zero attached hydrogens (tertiary/aromatic N) is 3. The van der Waals surface area contributed by atoms with Crippen LogP contribution in [-0.2, 0) is 6.42 Å². The van der Waals surface area contributed by atoms with Crippen LogP contribution in [0, 0.1) is 0 Å². The van der Waals surface area contributed by atoms with Gasteiger partial charge in [-0.2, -0.15) is 0 Å². The Morgan fingerprint density at radius 3 is 2.57 bits per heavy atom. The van der Waals surface area contributed by atoms with Gasteiger partial charge in [-0.1, -0.05) is 36.4 Å². The van der Waals surface area contributed by atoms with Crippen LogP contribution in [0.4, 0.5) is 0 Å². The number of pyridine rings is 1. The molecule has 2 aromatic heterocycles. The summed E-state index contributed by atoms with van der Waals surface area (Å²) in [5.41, 5.74) is 2.27. The van der Waals surface area contributed by atoms with Gasteiger partial charge in [0.25, 0.3) is 0 Å². The zero-order valence-corrected chi connectivity index (χ0v) is 12.0. The molecule has 1 aromatic carbocycles. The predicted octanol–water partition coefficient (Wildman–Crippen LogP) is 2.53. The van der Waals surface area contributed by atoms with Crippen LogP contribution in [0.15, 0.2) is 54.9 Å². The summed E-state index contributed by atoms with van der Waals surface area (Å²) in [6, 6.07) is 13.5. The fourth-order valence-corrected chi connectivity index (χ4v) is 2.26. The first-order valence-corrected chi connectivity index (χ1v) is 6.92. The van der Waals surface area contributed by atoms with Crippen molar-refractivity contribution < 1.29 is 15.0 Å². The van der Waals surface area contributed by atoms with Gasteiger partial charge in [0.1, 0.15) is 5.82 Å². The second-order valence-electron chi connectivity index (χ2n) is 4.87. The van der Waals surface area contributed by atoms with Gasteiger partial charge in [-0.15, -0.1) is 0 Å². The van der Waals surface area contributed by atoms with Crippen LogP contribution in [0.1, 0.15) is 22.0 Å². The lowest BCUT2D eigenvalue weighted by atomic mass is 10.0. The highest BCUT2D eigenvalue weighted by atomic mass is 16.4. The minimum absolute atomic E-state index is 0.269. The van der Waals surface area contributed by atoms with Gasteiger partial charge in [0.2, 0.25) is 0 Å². The molecule has 0 atom stereocenters. The molecule has 0 aliphatic carbocycles.